The minimum atomic E-state index is -4.61. The number of nitrogens with zero attached hydrogens (tertiary/aromatic N) is 1. The molecule has 0 radical (unpaired) electrons. The molecule has 10 rings (SSSR count). The van der Waals surface area contributed by atoms with Crippen LogP contribution in [0.15, 0.2) is 121 Å². The van der Waals surface area contributed by atoms with Gasteiger partial charge in [-0.15, -0.1) is 0 Å². The lowest BCUT2D eigenvalue weighted by atomic mass is 9.32. The number of hydrogen-bond donors (Lipinski definition) is 3. The van der Waals surface area contributed by atoms with Crippen LogP contribution in [0, 0.1) is 33.5 Å². The van der Waals surface area contributed by atoms with Gasteiger partial charge in [-0.25, -0.2) is 4.79 Å². The molecular formula is C50H53F3N2O4. The molecule has 1 unspecified atom stereocenters. The number of ketones is 1. The summed E-state index contributed by atoms with van der Waals surface area (Å²) in [6.45, 7) is 6.64. The van der Waals surface area contributed by atoms with E-state index in [0.29, 0.717) is 44.1 Å². The molecule has 6 aliphatic rings. The van der Waals surface area contributed by atoms with Gasteiger partial charge in [0.1, 0.15) is 0 Å². The van der Waals surface area contributed by atoms with E-state index >= 15 is 0 Å². The van der Waals surface area contributed by atoms with Gasteiger partial charge in [0.15, 0.2) is 5.78 Å². The fourth-order valence-electron chi connectivity index (χ4n) is 12.8. The minimum Gasteiger partial charge on any atom is -0.393 e. The summed E-state index contributed by atoms with van der Waals surface area (Å²) in [7, 11) is 0. The number of aliphatic hydroxyl groups excluding tert-OH is 1. The predicted molar refractivity (Wildman–Crippen MR) is 222 cm³/mol. The number of aliphatic hydroxyl groups is 2. The highest BCUT2D eigenvalue weighted by Crippen LogP contribution is 2.78. The Bertz CT molecular complexity index is 2370. The maximum absolute atomic E-state index is 15.0. The highest BCUT2D eigenvalue weighted by Gasteiger charge is 2.74. The summed E-state index contributed by atoms with van der Waals surface area (Å²) in [5, 5.41) is 29.7. The maximum Gasteiger partial charge on any atom is 0.416 e. The lowest BCUT2D eigenvalue weighted by Crippen LogP contribution is -2.67. The molecule has 3 saturated carbocycles. The van der Waals surface area contributed by atoms with Gasteiger partial charge in [-0.05, 0) is 103 Å². The van der Waals surface area contributed by atoms with Crippen LogP contribution in [-0.4, -0.2) is 45.2 Å². The lowest BCUT2D eigenvalue weighted by Gasteiger charge is -2.71. The molecule has 3 fully saturated rings. The number of benzene rings is 4. The van der Waals surface area contributed by atoms with Gasteiger partial charge < -0.3 is 20.4 Å². The molecule has 4 aromatic rings. The number of amides is 2. The monoisotopic (exact) mass is 802 g/mol. The van der Waals surface area contributed by atoms with Crippen LogP contribution < -0.4 is 5.32 Å². The first-order chi connectivity index (χ1) is 28.0. The maximum atomic E-state index is 15.0. The molecule has 2 bridgehead atoms. The Morgan fingerprint density at radius 3 is 2.31 bits per heavy atom. The standard InChI is InChI=1S/C50H53F3N2O4/c1-32(33-11-5-4-6-12-33)54-44(58)55(30-36-16-9-14-34-13-7-8-18-39(34)36)31-48(59)24-21-42-46(48,3)23-20-41-45(2)22-19-38(56)28-47(45)25-26-49(41,42)40(29-47)43(57)35-15-10-17-37(27-35)50(51,52)53/h4-18,25-27,29,32,38,41-42,56,59H,19-24,28,30-31H2,1-3H3,(H,54,58)/t32-,38?,41-,42-,45-,46+,47+,48-,49-/m1/s1. The third-order valence-corrected chi connectivity index (χ3v) is 16.0. The molecule has 9 atom stereocenters. The van der Waals surface area contributed by atoms with E-state index in [1.165, 1.54) is 12.1 Å². The molecular weight excluding hydrogens is 750 g/mol. The van der Waals surface area contributed by atoms with Gasteiger partial charge in [0.2, 0.25) is 0 Å². The first kappa shape index (κ1) is 39.7. The van der Waals surface area contributed by atoms with Crippen LogP contribution in [0.3, 0.4) is 0 Å². The minimum absolute atomic E-state index is 0.0133. The molecule has 308 valence electrons. The number of Topliss-reactive ketones (excluding diaryl/α,β-unsaturated/α-hetero) is 1. The van der Waals surface area contributed by atoms with Gasteiger partial charge in [0.25, 0.3) is 0 Å². The molecule has 2 spiro atoms. The van der Waals surface area contributed by atoms with Crippen LogP contribution in [0.25, 0.3) is 10.8 Å². The number of alkyl halides is 3. The number of urea groups is 1. The van der Waals surface area contributed by atoms with Gasteiger partial charge in [-0.3, -0.25) is 4.79 Å². The number of halogens is 3. The van der Waals surface area contributed by atoms with Crippen molar-refractivity contribution in [3.8, 4) is 0 Å². The first-order valence-corrected chi connectivity index (χ1v) is 21.2. The second-order valence-corrected chi connectivity index (χ2v) is 18.8. The lowest BCUT2D eigenvalue weighted by molar-refractivity contribution is -0.174. The van der Waals surface area contributed by atoms with E-state index in [1.807, 2.05) is 85.8 Å². The molecule has 3 N–H and O–H groups in total. The van der Waals surface area contributed by atoms with Gasteiger partial charge >= 0.3 is 12.2 Å². The van der Waals surface area contributed by atoms with Crippen LogP contribution in [0.5, 0.6) is 0 Å². The highest BCUT2D eigenvalue weighted by molar-refractivity contribution is 6.10. The molecule has 0 saturated heterocycles. The van der Waals surface area contributed by atoms with Gasteiger partial charge in [-0.2, -0.15) is 13.2 Å². The van der Waals surface area contributed by atoms with Crippen molar-refractivity contribution < 1.29 is 33.0 Å². The van der Waals surface area contributed by atoms with E-state index in [4.69, 9.17) is 0 Å². The van der Waals surface area contributed by atoms with Gasteiger partial charge in [-0.1, -0.05) is 117 Å². The van der Waals surface area contributed by atoms with E-state index in [1.54, 1.807) is 4.90 Å². The zero-order valence-corrected chi connectivity index (χ0v) is 33.9. The fraction of sp³-hybridized carbons (Fsp3) is 0.440. The first-order valence-electron chi connectivity index (χ1n) is 21.2. The van der Waals surface area contributed by atoms with Crippen molar-refractivity contribution in [1.29, 1.82) is 0 Å². The molecule has 4 aromatic carbocycles. The Morgan fingerprint density at radius 1 is 0.847 bits per heavy atom. The number of allylic oxidation sites excluding steroid dienone is 4. The van der Waals surface area contributed by atoms with Crippen molar-refractivity contribution in [3.05, 3.63) is 143 Å². The van der Waals surface area contributed by atoms with Gasteiger partial charge in [0.05, 0.1) is 29.9 Å². The van der Waals surface area contributed by atoms with E-state index in [-0.39, 0.29) is 48.0 Å². The zero-order chi connectivity index (χ0) is 41.6. The number of rotatable bonds is 8. The third kappa shape index (κ3) is 6.04. The summed E-state index contributed by atoms with van der Waals surface area (Å²) in [6.07, 6.45) is 5.29. The molecule has 6 aliphatic carbocycles. The SMILES string of the molecule is C[C@@H](NC(=O)N(Cc1cccc2ccccc12)C[C@]1(O)CC[C@H]2[C@]34C=C[C@@]5(C=C3C(=O)c3cccc(C(F)(F)F)c3)CC(O)CC[C@]5(C)[C@H]4CC[C@@]21C)c1ccccc1. The molecule has 59 heavy (non-hydrogen) atoms. The number of nitrogens with one attached hydrogen (secondary N) is 1. The van der Waals surface area contributed by atoms with E-state index in [0.717, 1.165) is 40.5 Å². The largest absolute Gasteiger partial charge is 0.416 e. The smallest absolute Gasteiger partial charge is 0.393 e. The summed E-state index contributed by atoms with van der Waals surface area (Å²) in [5.41, 5.74) is -2.43. The molecule has 9 heteroatoms. The number of fused-ring (bicyclic) bond motifs is 2. The molecule has 0 aliphatic heterocycles. The van der Waals surface area contributed by atoms with Crippen molar-refractivity contribution in [2.45, 2.75) is 96.2 Å². The van der Waals surface area contributed by atoms with Crippen LogP contribution in [0.2, 0.25) is 0 Å². The average Bonchev–Trinajstić information content (AvgIpc) is 3.50. The Morgan fingerprint density at radius 2 is 1.53 bits per heavy atom. The summed E-state index contributed by atoms with van der Waals surface area (Å²) in [4.78, 5) is 31.3. The van der Waals surface area contributed by atoms with Crippen molar-refractivity contribution in [2.75, 3.05) is 6.54 Å². The summed E-state index contributed by atoms with van der Waals surface area (Å²) < 4.78 is 42.1. The normalized spacial score (nSPS) is 33.7. The van der Waals surface area contributed by atoms with Crippen molar-refractivity contribution >= 4 is 22.6 Å². The van der Waals surface area contributed by atoms with Crippen LogP contribution in [0.1, 0.15) is 98.8 Å². The Balaban J connectivity index is 1.12. The van der Waals surface area contributed by atoms with Crippen LogP contribution in [-0.2, 0) is 12.7 Å². The number of carbonyl (C=O) groups excluding carboxylic acids is 2. The molecule has 0 aromatic heterocycles. The van der Waals surface area contributed by atoms with E-state index < -0.39 is 45.5 Å². The Labute approximate surface area is 344 Å². The van der Waals surface area contributed by atoms with Crippen molar-refractivity contribution in [1.82, 2.24) is 10.2 Å². The Kier molecular flexibility index (Phi) is 9.37. The van der Waals surface area contributed by atoms with Gasteiger partial charge in [0, 0.05) is 33.9 Å². The van der Waals surface area contributed by atoms with Crippen molar-refractivity contribution in [2.24, 2.45) is 33.5 Å². The Hall–Kier alpha value is -4.73. The molecule has 6 nitrogen and oxygen atoms in total. The van der Waals surface area contributed by atoms with Crippen LogP contribution in [0.4, 0.5) is 18.0 Å². The number of hydrogen-bond acceptors (Lipinski definition) is 4. The van der Waals surface area contributed by atoms with Crippen LogP contribution >= 0.6 is 0 Å². The summed E-state index contributed by atoms with van der Waals surface area (Å²) >= 11 is 0. The average molecular weight is 803 g/mol. The quantitative estimate of drug-likeness (QED) is 0.122. The van der Waals surface area contributed by atoms with E-state index in [2.05, 4.69) is 31.3 Å². The molecule has 2 amide bonds. The topological polar surface area (TPSA) is 89.9 Å². The fourth-order valence-corrected chi connectivity index (χ4v) is 12.8. The second-order valence-electron chi connectivity index (χ2n) is 18.8. The second kappa shape index (κ2) is 13.9. The van der Waals surface area contributed by atoms with Crippen molar-refractivity contribution in [3.63, 3.8) is 0 Å². The summed E-state index contributed by atoms with van der Waals surface area (Å²) in [6, 6.07) is 28.0. The molecule has 0 heterocycles. The predicted octanol–water partition coefficient (Wildman–Crippen LogP) is 10.6. The number of carbonyl (C=O) groups is 2. The zero-order valence-electron chi connectivity index (χ0n) is 33.9. The summed E-state index contributed by atoms with van der Waals surface area (Å²) in [5.74, 6) is -0.716. The third-order valence-electron chi connectivity index (χ3n) is 16.0. The highest BCUT2D eigenvalue weighted by atomic mass is 19.4. The van der Waals surface area contributed by atoms with E-state index in [9.17, 15) is 33.0 Å².